The molecular formula is C15H21N3O2. The van der Waals surface area contributed by atoms with Crippen LogP contribution >= 0.6 is 0 Å². The first-order valence-corrected chi connectivity index (χ1v) is 6.91. The van der Waals surface area contributed by atoms with Crippen molar-refractivity contribution in [2.24, 2.45) is 0 Å². The van der Waals surface area contributed by atoms with Gasteiger partial charge in [-0.15, -0.1) is 0 Å². The topological polar surface area (TPSA) is 84.2 Å². The van der Waals surface area contributed by atoms with Gasteiger partial charge in [0.25, 0.3) is 5.91 Å². The molecule has 0 atom stereocenters. The van der Waals surface area contributed by atoms with Gasteiger partial charge in [0.2, 0.25) is 5.91 Å². The van der Waals surface area contributed by atoms with Crippen LogP contribution in [0.25, 0.3) is 0 Å². The van der Waals surface area contributed by atoms with E-state index in [2.05, 4.69) is 10.6 Å². The van der Waals surface area contributed by atoms with E-state index in [1.807, 2.05) is 19.9 Å². The second-order valence-corrected chi connectivity index (χ2v) is 5.37. The number of benzene rings is 1. The average molecular weight is 275 g/mol. The molecule has 1 aliphatic rings. The van der Waals surface area contributed by atoms with E-state index in [4.69, 9.17) is 5.73 Å². The number of nitrogen functional groups attached to an aromatic ring is 1. The Hall–Kier alpha value is -2.04. The van der Waals surface area contributed by atoms with Gasteiger partial charge >= 0.3 is 0 Å². The first kappa shape index (κ1) is 14.4. The normalized spacial score (nSPS) is 13.9. The van der Waals surface area contributed by atoms with Crippen LogP contribution in [0.5, 0.6) is 0 Å². The number of rotatable bonds is 5. The number of carbonyl (C=O) groups excluding carboxylic acids is 2. The third-order valence-electron chi connectivity index (χ3n) is 3.44. The van der Waals surface area contributed by atoms with Crippen LogP contribution < -0.4 is 16.4 Å². The summed E-state index contributed by atoms with van der Waals surface area (Å²) in [5.74, 6) is -0.193. The van der Waals surface area contributed by atoms with E-state index in [1.54, 1.807) is 6.07 Å². The summed E-state index contributed by atoms with van der Waals surface area (Å²) in [6, 6.07) is 3.94. The predicted molar refractivity (Wildman–Crippen MR) is 78.4 cm³/mol. The number of aryl methyl sites for hydroxylation is 2. The molecule has 2 rings (SSSR count). The van der Waals surface area contributed by atoms with Crippen molar-refractivity contribution in [1.82, 2.24) is 10.6 Å². The van der Waals surface area contributed by atoms with Crippen LogP contribution in [0, 0.1) is 13.8 Å². The second-order valence-electron chi connectivity index (χ2n) is 5.37. The van der Waals surface area contributed by atoms with E-state index in [0.29, 0.717) is 30.3 Å². The largest absolute Gasteiger partial charge is 0.398 e. The summed E-state index contributed by atoms with van der Waals surface area (Å²) in [6.07, 6.45) is 2.45. The zero-order valence-electron chi connectivity index (χ0n) is 12.0. The van der Waals surface area contributed by atoms with Crippen LogP contribution in [-0.2, 0) is 4.79 Å². The summed E-state index contributed by atoms with van der Waals surface area (Å²) in [5, 5.41) is 5.64. The molecule has 2 amide bonds. The quantitative estimate of drug-likeness (QED) is 0.708. The minimum atomic E-state index is -0.187. The number of carbonyl (C=O) groups is 2. The summed E-state index contributed by atoms with van der Waals surface area (Å²) in [4.78, 5) is 23.5. The Morgan fingerprint density at radius 1 is 1.25 bits per heavy atom. The van der Waals surface area contributed by atoms with Gasteiger partial charge in [0, 0.05) is 30.3 Å². The Morgan fingerprint density at radius 3 is 2.60 bits per heavy atom. The molecule has 0 aliphatic heterocycles. The Labute approximate surface area is 118 Å². The number of nitrogens with two attached hydrogens (primary N) is 1. The molecule has 5 nitrogen and oxygen atoms in total. The molecule has 108 valence electrons. The fourth-order valence-electron chi connectivity index (χ4n) is 2.03. The first-order chi connectivity index (χ1) is 9.47. The Kier molecular flexibility index (Phi) is 4.27. The predicted octanol–water partition coefficient (Wildman–Crippen LogP) is 1.28. The zero-order valence-corrected chi connectivity index (χ0v) is 12.0. The Bertz CT molecular complexity index is 536. The van der Waals surface area contributed by atoms with E-state index in [-0.39, 0.29) is 11.8 Å². The molecule has 0 saturated heterocycles. The van der Waals surface area contributed by atoms with Gasteiger partial charge in [-0.2, -0.15) is 0 Å². The Morgan fingerprint density at radius 2 is 1.95 bits per heavy atom. The van der Waals surface area contributed by atoms with E-state index in [0.717, 1.165) is 24.0 Å². The van der Waals surface area contributed by atoms with Crippen molar-refractivity contribution in [1.29, 1.82) is 0 Å². The Balaban J connectivity index is 1.85. The lowest BCUT2D eigenvalue weighted by Gasteiger charge is -2.10. The summed E-state index contributed by atoms with van der Waals surface area (Å²) in [6.45, 7) is 4.12. The molecular weight excluding hydrogens is 254 g/mol. The highest BCUT2D eigenvalue weighted by Crippen LogP contribution is 2.19. The molecule has 1 saturated carbocycles. The van der Waals surface area contributed by atoms with Crippen molar-refractivity contribution in [3.8, 4) is 0 Å². The average Bonchev–Trinajstić information content (AvgIpc) is 3.17. The molecule has 1 aromatic carbocycles. The summed E-state index contributed by atoms with van der Waals surface area (Å²) >= 11 is 0. The maximum absolute atomic E-state index is 12.0. The minimum absolute atomic E-state index is 0.00654. The van der Waals surface area contributed by atoms with E-state index >= 15 is 0 Å². The van der Waals surface area contributed by atoms with Crippen molar-refractivity contribution in [2.75, 3.05) is 12.3 Å². The molecule has 4 N–H and O–H groups in total. The van der Waals surface area contributed by atoms with Crippen molar-refractivity contribution < 1.29 is 9.59 Å². The lowest BCUT2D eigenvalue weighted by atomic mass is 10.0. The number of hydrogen-bond acceptors (Lipinski definition) is 3. The first-order valence-electron chi connectivity index (χ1n) is 6.91. The van der Waals surface area contributed by atoms with Gasteiger partial charge in [0.1, 0.15) is 0 Å². The van der Waals surface area contributed by atoms with Gasteiger partial charge in [-0.1, -0.05) is 6.07 Å². The molecule has 0 bridgehead atoms. The highest BCUT2D eigenvalue weighted by molar-refractivity contribution is 5.97. The molecule has 1 fully saturated rings. The standard InChI is InChI=1S/C15H21N3O2/c1-9-7-10(2)13(16)8-12(9)15(20)17-6-5-14(19)18-11-3-4-11/h7-8,11H,3-6,16H2,1-2H3,(H,17,20)(H,18,19). The van der Waals surface area contributed by atoms with Crippen LogP contribution in [0.3, 0.4) is 0 Å². The molecule has 20 heavy (non-hydrogen) atoms. The summed E-state index contributed by atoms with van der Waals surface area (Å²) in [5.41, 5.74) is 8.84. The van der Waals surface area contributed by atoms with E-state index < -0.39 is 0 Å². The van der Waals surface area contributed by atoms with Crippen molar-refractivity contribution in [3.05, 3.63) is 28.8 Å². The second kappa shape index (κ2) is 5.94. The number of nitrogens with one attached hydrogen (secondary N) is 2. The smallest absolute Gasteiger partial charge is 0.251 e. The van der Waals surface area contributed by atoms with Crippen LogP contribution in [0.2, 0.25) is 0 Å². The lowest BCUT2D eigenvalue weighted by molar-refractivity contribution is -0.121. The van der Waals surface area contributed by atoms with Crippen molar-refractivity contribution in [3.63, 3.8) is 0 Å². The van der Waals surface area contributed by atoms with Crippen molar-refractivity contribution in [2.45, 2.75) is 39.2 Å². The molecule has 0 heterocycles. The number of hydrogen-bond donors (Lipinski definition) is 3. The molecule has 1 aromatic rings. The van der Waals surface area contributed by atoms with Crippen LogP contribution in [-0.4, -0.2) is 24.4 Å². The zero-order chi connectivity index (χ0) is 14.7. The monoisotopic (exact) mass is 275 g/mol. The summed E-state index contributed by atoms with van der Waals surface area (Å²) in [7, 11) is 0. The highest BCUT2D eigenvalue weighted by Gasteiger charge is 2.22. The van der Waals surface area contributed by atoms with Crippen molar-refractivity contribution >= 4 is 17.5 Å². The molecule has 0 unspecified atom stereocenters. The lowest BCUT2D eigenvalue weighted by Crippen LogP contribution is -2.32. The third kappa shape index (κ3) is 3.73. The fraction of sp³-hybridized carbons (Fsp3) is 0.467. The molecule has 0 radical (unpaired) electrons. The highest BCUT2D eigenvalue weighted by atomic mass is 16.2. The third-order valence-corrected chi connectivity index (χ3v) is 3.44. The van der Waals surface area contributed by atoms with Gasteiger partial charge in [0.15, 0.2) is 0 Å². The number of anilines is 1. The van der Waals surface area contributed by atoms with E-state index in [1.165, 1.54) is 0 Å². The number of amides is 2. The summed E-state index contributed by atoms with van der Waals surface area (Å²) < 4.78 is 0. The maximum Gasteiger partial charge on any atom is 0.251 e. The molecule has 1 aliphatic carbocycles. The van der Waals surface area contributed by atoms with Gasteiger partial charge in [-0.3, -0.25) is 9.59 Å². The molecule has 0 aromatic heterocycles. The van der Waals surface area contributed by atoms with Crippen LogP contribution in [0.4, 0.5) is 5.69 Å². The van der Waals surface area contributed by atoms with Crippen LogP contribution in [0.1, 0.15) is 40.7 Å². The van der Waals surface area contributed by atoms with Gasteiger partial charge in [-0.05, 0) is 43.9 Å². The van der Waals surface area contributed by atoms with E-state index in [9.17, 15) is 9.59 Å². The van der Waals surface area contributed by atoms with Gasteiger partial charge in [-0.25, -0.2) is 0 Å². The van der Waals surface area contributed by atoms with Gasteiger partial charge < -0.3 is 16.4 Å². The minimum Gasteiger partial charge on any atom is -0.398 e. The van der Waals surface area contributed by atoms with Gasteiger partial charge in [0.05, 0.1) is 0 Å². The molecule has 0 spiro atoms. The molecule has 5 heteroatoms. The van der Waals surface area contributed by atoms with Crippen LogP contribution in [0.15, 0.2) is 12.1 Å². The maximum atomic E-state index is 12.0. The SMILES string of the molecule is Cc1cc(C)c(C(=O)NCCC(=O)NC2CC2)cc1N. The fourth-order valence-corrected chi connectivity index (χ4v) is 2.03.